The van der Waals surface area contributed by atoms with E-state index in [1.165, 1.54) is 0 Å². The van der Waals surface area contributed by atoms with Crippen LogP contribution >= 0.6 is 0 Å². The van der Waals surface area contributed by atoms with E-state index in [1.54, 1.807) is 33.2 Å². The second kappa shape index (κ2) is 7.30. The van der Waals surface area contributed by atoms with E-state index in [9.17, 15) is 5.11 Å². The molecule has 0 unspecified atom stereocenters. The molecule has 0 bridgehead atoms. The summed E-state index contributed by atoms with van der Waals surface area (Å²) in [5.41, 5.74) is 0.986. The molecule has 146 valence electrons. The Morgan fingerprint density at radius 3 is 2.26 bits per heavy atom. The molecule has 1 aromatic heterocycles. The van der Waals surface area contributed by atoms with Crippen LogP contribution in [0, 0.1) is 6.92 Å². The van der Waals surface area contributed by atoms with Crippen LogP contribution in [-0.2, 0) is 9.31 Å². The number of rotatable bonds is 4. The van der Waals surface area contributed by atoms with Gasteiger partial charge in [-0.1, -0.05) is 6.58 Å². The van der Waals surface area contributed by atoms with E-state index in [0.717, 1.165) is 11.0 Å². The van der Waals surface area contributed by atoms with Gasteiger partial charge in [-0.3, -0.25) is 9.98 Å². The van der Waals surface area contributed by atoms with Gasteiger partial charge in [0.25, 0.3) is 0 Å². The minimum Gasteiger partial charge on any atom is -0.399 e. The van der Waals surface area contributed by atoms with Crippen molar-refractivity contribution < 1.29 is 14.4 Å². The van der Waals surface area contributed by atoms with E-state index >= 15 is 0 Å². The summed E-state index contributed by atoms with van der Waals surface area (Å²) in [7, 11) is 1.10. The van der Waals surface area contributed by atoms with Gasteiger partial charge in [-0.05, 0) is 71.6 Å². The number of allylic oxidation sites excluding steroid dienone is 1. The molecule has 1 aliphatic heterocycles. The van der Waals surface area contributed by atoms with Gasteiger partial charge < -0.3 is 14.4 Å². The molecule has 6 nitrogen and oxygen atoms in total. The normalized spacial score (nSPS) is 20.1. The SMILES string of the molecule is C=CC(=NC(=NC)C(C)(C)O)c1cc(B2OC(C)(C)C(C)(C)O2)c(C)cn1. The fraction of sp³-hybridized carbons (Fsp3) is 0.550. The molecule has 1 aromatic rings. The summed E-state index contributed by atoms with van der Waals surface area (Å²) >= 11 is 0. The maximum absolute atomic E-state index is 10.2. The highest BCUT2D eigenvalue weighted by molar-refractivity contribution is 6.62. The first kappa shape index (κ1) is 21.5. The van der Waals surface area contributed by atoms with Crippen molar-refractivity contribution in [3.63, 3.8) is 0 Å². The van der Waals surface area contributed by atoms with Gasteiger partial charge >= 0.3 is 7.12 Å². The summed E-state index contributed by atoms with van der Waals surface area (Å²) in [6.07, 6.45) is 3.37. The van der Waals surface area contributed by atoms with E-state index < -0.39 is 23.9 Å². The maximum atomic E-state index is 10.2. The number of aliphatic imine (C=N–C) groups is 2. The molecule has 2 rings (SSSR count). The number of aromatic nitrogens is 1. The van der Waals surface area contributed by atoms with Crippen molar-refractivity contribution in [2.75, 3.05) is 7.05 Å². The van der Waals surface area contributed by atoms with Crippen molar-refractivity contribution in [3.05, 3.63) is 36.2 Å². The zero-order chi connectivity index (χ0) is 20.6. The Hall–Kier alpha value is -1.83. The molecule has 0 spiro atoms. The third-order valence-electron chi connectivity index (χ3n) is 5.09. The Balaban J connectivity index is 2.47. The average molecular weight is 371 g/mol. The van der Waals surface area contributed by atoms with Gasteiger partial charge in [0.05, 0.1) is 22.6 Å². The molecule has 2 heterocycles. The fourth-order valence-corrected chi connectivity index (χ4v) is 2.69. The molecule has 0 radical (unpaired) electrons. The van der Waals surface area contributed by atoms with Gasteiger partial charge in [-0.2, -0.15) is 0 Å². The monoisotopic (exact) mass is 371 g/mol. The molecule has 1 N–H and O–H groups in total. The summed E-state index contributed by atoms with van der Waals surface area (Å²) in [5, 5.41) is 10.2. The third kappa shape index (κ3) is 4.37. The Bertz CT molecular complexity index is 776. The largest absolute Gasteiger partial charge is 0.495 e. The van der Waals surface area contributed by atoms with Gasteiger partial charge in [-0.15, -0.1) is 0 Å². The number of aliphatic hydroxyl groups is 1. The zero-order valence-corrected chi connectivity index (χ0v) is 17.6. The lowest BCUT2D eigenvalue weighted by atomic mass is 9.76. The molecule has 0 aromatic carbocycles. The summed E-state index contributed by atoms with van der Waals surface area (Å²) < 4.78 is 12.4. The van der Waals surface area contributed by atoms with Crippen molar-refractivity contribution in [1.29, 1.82) is 0 Å². The van der Waals surface area contributed by atoms with Crippen molar-refractivity contribution >= 4 is 24.1 Å². The molecule has 0 aliphatic carbocycles. The second-order valence-corrected chi connectivity index (χ2v) is 8.32. The second-order valence-electron chi connectivity index (χ2n) is 8.32. The van der Waals surface area contributed by atoms with Gasteiger partial charge in [0, 0.05) is 13.2 Å². The van der Waals surface area contributed by atoms with Crippen LogP contribution in [0.3, 0.4) is 0 Å². The highest BCUT2D eigenvalue weighted by Gasteiger charge is 2.52. The Morgan fingerprint density at radius 2 is 1.81 bits per heavy atom. The molecule has 27 heavy (non-hydrogen) atoms. The van der Waals surface area contributed by atoms with E-state index in [0.29, 0.717) is 17.2 Å². The lowest BCUT2D eigenvalue weighted by molar-refractivity contribution is 0.00578. The number of nitrogens with zero attached hydrogens (tertiary/aromatic N) is 3. The molecule has 7 heteroatoms. The van der Waals surface area contributed by atoms with Crippen LogP contribution < -0.4 is 5.46 Å². The minimum absolute atomic E-state index is 0.303. The summed E-state index contributed by atoms with van der Waals surface area (Å²) in [4.78, 5) is 13.0. The number of hydrogen-bond donors (Lipinski definition) is 1. The van der Waals surface area contributed by atoms with Crippen molar-refractivity contribution in [1.82, 2.24) is 4.98 Å². The van der Waals surface area contributed by atoms with E-state index in [4.69, 9.17) is 9.31 Å². The zero-order valence-electron chi connectivity index (χ0n) is 17.6. The fourth-order valence-electron chi connectivity index (χ4n) is 2.69. The van der Waals surface area contributed by atoms with E-state index in [1.807, 2.05) is 40.7 Å². The summed E-state index contributed by atoms with van der Waals surface area (Å²) in [6, 6.07) is 1.90. The highest BCUT2D eigenvalue weighted by Crippen LogP contribution is 2.36. The molecular formula is C20H30BN3O3. The third-order valence-corrected chi connectivity index (χ3v) is 5.09. The van der Waals surface area contributed by atoms with E-state index in [2.05, 4.69) is 21.5 Å². The molecular weight excluding hydrogens is 341 g/mol. The quantitative estimate of drug-likeness (QED) is 0.501. The van der Waals surface area contributed by atoms with Crippen molar-refractivity contribution in [2.45, 2.75) is 65.3 Å². The standard InChI is InChI=1S/C20H30BN3O3/c1-10-15(24-17(22-9)18(3,4)25)16-11-14(13(2)12-23-16)21-26-19(5,6)20(7,8)27-21/h10-12,25H,1H2,2-9H3. The lowest BCUT2D eigenvalue weighted by Crippen LogP contribution is -2.41. The van der Waals surface area contributed by atoms with Crippen LogP contribution in [0.4, 0.5) is 0 Å². The smallest absolute Gasteiger partial charge is 0.399 e. The van der Waals surface area contributed by atoms with Crippen molar-refractivity contribution in [3.8, 4) is 0 Å². The van der Waals surface area contributed by atoms with E-state index in [-0.39, 0.29) is 0 Å². The molecule has 0 amide bonds. The van der Waals surface area contributed by atoms with Crippen LogP contribution in [0.2, 0.25) is 0 Å². The van der Waals surface area contributed by atoms with Gasteiger partial charge in [-0.25, -0.2) is 4.99 Å². The van der Waals surface area contributed by atoms with Crippen LogP contribution in [0.15, 0.2) is 34.9 Å². The first-order chi connectivity index (χ1) is 12.3. The van der Waals surface area contributed by atoms with Gasteiger partial charge in [0.1, 0.15) is 5.60 Å². The van der Waals surface area contributed by atoms with Crippen LogP contribution in [0.25, 0.3) is 0 Å². The predicted molar refractivity (Wildman–Crippen MR) is 111 cm³/mol. The minimum atomic E-state index is -1.16. The van der Waals surface area contributed by atoms with Crippen LogP contribution in [0.1, 0.15) is 52.8 Å². The number of aryl methyl sites for hydroxylation is 1. The van der Waals surface area contributed by atoms with Crippen LogP contribution in [0.5, 0.6) is 0 Å². The van der Waals surface area contributed by atoms with Crippen molar-refractivity contribution in [2.24, 2.45) is 9.98 Å². The summed E-state index contributed by atoms with van der Waals surface area (Å²) in [6.45, 7) is 17.2. The average Bonchev–Trinajstić information content (AvgIpc) is 2.76. The molecule has 1 fully saturated rings. The molecule has 1 saturated heterocycles. The number of hydrogen-bond acceptors (Lipinski definition) is 5. The van der Waals surface area contributed by atoms with Gasteiger partial charge in [0.15, 0.2) is 5.84 Å². The molecule has 0 atom stereocenters. The highest BCUT2D eigenvalue weighted by atomic mass is 16.7. The predicted octanol–water partition coefficient (Wildman–Crippen LogP) is 2.46. The van der Waals surface area contributed by atoms with Crippen LogP contribution in [-0.4, -0.2) is 52.6 Å². The topological polar surface area (TPSA) is 76.3 Å². The Kier molecular flexibility index (Phi) is 5.81. The summed E-state index contributed by atoms with van der Waals surface area (Å²) in [5.74, 6) is 0.303. The first-order valence-electron chi connectivity index (χ1n) is 9.05. The van der Waals surface area contributed by atoms with Gasteiger partial charge in [0.2, 0.25) is 0 Å². The molecule has 1 aliphatic rings. The number of pyridine rings is 1. The maximum Gasteiger partial charge on any atom is 0.495 e. The Labute approximate surface area is 162 Å². The first-order valence-corrected chi connectivity index (χ1v) is 9.05. The number of amidine groups is 1. The Morgan fingerprint density at radius 1 is 1.26 bits per heavy atom. The lowest BCUT2D eigenvalue weighted by Gasteiger charge is -2.32. The molecule has 0 saturated carbocycles.